The summed E-state index contributed by atoms with van der Waals surface area (Å²) in [6.07, 6.45) is 0. The Balaban J connectivity index is 1.22. The monoisotopic (exact) mass is 574 g/mol. The summed E-state index contributed by atoms with van der Waals surface area (Å²) in [6, 6.07) is 59.5. The van der Waals surface area contributed by atoms with Gasteiger partial charge in [0, 0.05) is 32.9 Å². The first-order chi connectivity index (χ1) is 22.2. The molecule has 2 aromatic heterocycles. The van der Waals surface area contributed by atoms with Crippen LogP contribution in [0.5, 0.6) is 0 Å². The lowest BCUT2D eigenvalue weighted by atomic mass is 9.99. The number of nitrogens with zero attached hydrogens (tertiary/aromatic N) is 2. The minimum Gasteiger partial charge on any atom is -0.309 e. The van der Waals surface area contributed by atoms with Gasteiger partial charge in [-0.15, -0.1) is 0 Å². The molecular weight excluding hydrogens is 544 g/mol. The average Bonchev–Trinajstić information content (AvgIpc) is 3.62. The fraction of sp³-hybridized carbons (Fsp3) is 0.0233. The Morgan fingerprint density at radius 2 is 0.867 bits per heavy atom. The van der Waals surface area contributed by atoms with E-state index >= 15 is 0 Å². The molecule has 212 valence electrons. The lowest BCUT2D eigenvalue weighted by Crippen LogP contribution is -1.97. The lowest BCUT2D eigenvalue weighted by molar-refractivity contribution is 1.17. The van der Waals surface area contributed by atoms with Gasteiger partial charge in [-0.1, -0.05) is 109 Å². The Bertz CT molecular complexity index is 2490. The van der Waals surface area contributed by atoms with E-state index in [1.54, 1.807) is 0 Å². The van der Waals surface area contributed by atoms with Crippen LogP contribution in [-0.4, -0.2) is 9.13 Å². The molecule has 0 aliphatic heterocycles. The van der Waals surface area contributed by atoms with Gasteiger partial charge in [0.05, 0.1) is 22.1 Å². The van der Waals surface area contributed by atoms with Crippen molar-refractivity contribution in [1.82, 2.24) is 9.13 Å². The van der Waals surface area contributed by atoms with Crippen LogP contribution in [0, 0.1) is 6.92 Å². The largest absolute Gasteiger partial charge is 0.309 e. The number of hydrogen-bond acceptors (Lipinski definition) is 0. The van der Waals surface area contributed by atoms with E-state index in [9.17, 15) is 0 Å². The summed E-state index contributed by atoms with van der Waals surface area (Å²) < 4.78 is 4.81. The van der Waals surface area contributed by atoms with Crippen LogP contribution in [0.1, 0.15) is 5.56 Å². The van der Waals surface area contributed by atoms with Crippen molar-refractivity contribution < 1.29 is 0 Å². The molecule has 0 aliphatic carbocycles. The average molecular weight is 575 g/mol. The standard InChI is InChI=1S/C43H30N2/c1-29-22-24-34(45-42-21-10-7-18-37(42)39-27-31(23-25-43(39)45)30-12-3-2-4-13-30)28-38(29)32-14-11-15-33(26-32)44-40-19-8-5-16-35(40)36-17-6-9-20-41(36)44/h2-28H,1H3. The van der Waals surface area contributed by atoms with Crippen molar-refractivity contribution in [2.75, 3.05) is 0 Å². The number of hydrogen-bond donors (Lipinski definition) is 0. The molecule has 0 atom stereocenters. The Morgan fingerprint density at radius 3 is 1.53 bits per heavy atom. The predicted octanol–water partition coefficient (Wildman–Crippen LogP) is 11.5. The second-order valence-electron chi connectivity index (χ2n) is 11.9. The molecule has 0 N–H and O–H groups in total. The maximum absolute atomic E-state index is 2.42. The fourth-order valence-corrected chi connectivity index (χ4v) is 7.13. The van der Waals surface area contributed by atoms with Gasteiger partial charge in [0.15, 0.2) is 0 Å². The third-order valence-corrected chi connectivity index (χ3v) is 9.25. The normalized spacial score (nSPS) is 11.7. The third kappa shape index (κ3) is 4.03. The van der Waals surface area contributed by atoms with Crippen molar-refractivity contribution in [1.29, 1.82) is 0 Å². The SMILES string of the molecule is Cc1ccc(-n2c3ccccc3c3cc(-c4ccccc4)ccc32)cc1-c1cccc(-n2c3ccccc3c3ccccc32)c1. The molecule has 0 amide bonds. The molecule has 2 heteroatoms. The van der Waals surface area contributed by atoms with Crippen LogP contribution in [0.3, 0.4) is 0 Å². The van der Waals surface area contributed by atoms with Crippen molar-refractivity contribution in [2.45, 2.75) is 6.92 Å². The smallest absolute Gasteiger partial charge is 0.0541 e. The molecule has 0 spiro atoms. The summed E-state index contributed by atoms with van der Waals surface area (Å²) in [7, 11) is 0. The summed E-state index contributed by atoms with van der Waals surface area (Å²) in [6.45, 7) is 2.21. The Kier molecular flexibility index (Phi) is 5.76. The van der Waals surface area contributed by atoms with Crippen LogP contribution >= 0.6 is 0 Å². The van der Waals surface area contributed by atoms with Crippen LogP contribution in [-0.2, 0) is 0 Å². The van der Waals surface area contributed by atoms with E-state index in [-0.39, 0.29) is 0 Å². The van der Waals surface area contributed by atoms with E-state index in [1.807, 2.05) is 0 Å². The summed E-state index contributed by atoms with van der Waals surface area (Å²) in [5.74, 6) is 0. The second kappa shape index (κ2) is 10.1. The maximum atomic E-state index is 2.42. The van der Waals surface area contributed by atoms with Crippen molar-refractivity contribution >= 4 is 43.6 Å². The van der Waals surface area contributed by atoms with Gasteiger partial charge in [-0.3, -0.25) is 0 Å². The molecule has 0 unspecified atom stereocenters. The topological polar surface area (TPSA) is 9.86 Å². The molecule has 0 saturated carbocycles. The first-order valence-electron chi connectivity index (χ1n) is 15.5. The van der Waals surface area contributed by atoms with Crippen LogP contribution < -0.4 is 0 Å². The van der Waals surface area contributed by atoms with Crippen molar-refractivity contribution in [3.63, 3.8) is 0 Å². The van der Waals surface area contributed by atoms with Crippen LogP contribution in [0.25, 0.3) is 77.2 Å². The van der Waals surface area contributed by atoms with Crippen LogP contribution in [0.2, 0.25) is 0 Å². The van der Waals surface area contributed by atoms with Gasteiger partial charge in [0.1, 0.15) is 0 Å². The first-order valence-corrected chi connectivity index (χ1v) is 15.5. The number of rotatable bonds is 4. The molecule has 9 aromatic rings. The zero-order chi connectivity index (χ0) is 29.9. The van der Waals surface area contributed by atoms with Crippen molar-refractivity contribution in [2.24, 2.45) is 0 Å². The van der Waals surface area contributed by atoms with Gasteiger partial charge in [-0.2, -0.15) is 0 Å². The van der Waals surface area contributed by atoms with Crippen molar-refractivity contribution in [3.8, 4) is 33.6 Å². The van der Waals surface area contributed by atoms with Gasteiger partial charge in [0.25, 0.3) is 0 Å². The Hall–Kier alpha value is -5.86. The zero-order valence-electron chi connectivity index (χ0n) is 25.0. The van der Waals surface area contributed by atoms with E-state index in [0.717, 1.165) is 5.69 Å². The van der Waals surface area contributed by atoms with Crippen LogP contribution in [0.15, 0.2) is 164 Å². The molecule has 9 rings (SSSR count). The van der Waals surface area contributed by atoms with Gasteiger partial charge in [0.2, 0.25) is 0 Å². The molecule has 0 aliphatic rings. The lowest BCUT2D eigenvalue weighted by Gasteiger charge is -2.15. The predicted molar refractivity (Wildman–Crippen MR) is 191 cm³/mol. The highest BCUT2D eigenvalue weighted by molar-refractivity contribution is 6.11. The summed E-state index contributed by atoms with van der Waals surface area (Å²) >= 11 is 0. The molecule has 7 aromatic carbocycles. The number of para-hydroxylation sites is 3. The molecule has 0 saturated heterocycles. The highest BCUT2D eigenvalue weighted by Gasteiger charge is 2.16. The van der Waals surface area contributed by atoms with Gasteiger partial charge in [-0.25, -0.2) is 0 Å². The summed E-state index contributed by atoms with van der Waals surface area (Å²) in [4.78, 5) is 0. The molecule has 0 fully saturated rings. The van der Waals surface area contributed by atoms with Gasteiger partial charge < -0.3 is 9.13 Å². The van der Waals surface area contributed by atoms with E-state index < -0.39 is 0 Å². The fourth-order valence-electron chi connectivity index (χ4n) is 7.13. The zero-order valence-corrected chi connectivity index (χ0v) is 25.0. The van der Waals surface area contributed by atoms with Gasteiger partial charge in [-0.05, 0) is 89.3 Å². The molecular formula is C43H30N2. The van der Waals surface area contributed by atoms with Crippen molar-refractivity contribution in [3.05, 3.63) is 169 Å². The molecule has 0 radical (unpaired) electrons. The van der Waals surface area contributed by atoms with E-state index in [0.29, 0.717) is 0 Å². The minimum atomic E-state index is 1.16. The van der Waals surface area contributed by atoms with E-state index in [4.69, 9.17) is 0 Å². The maximum Gasteiger partial charge on any atom is 0.0541 e. The molecule has 2 heterocycles. The quantitative estimate of drug-likeness (QED) is 0.198. The Morgan fingerprint density at radius 1 is 0.333 bits per heavy atom. The number of aromatic nitrogens is 2. The second-order valence-corrected chi connectivity index (χ2v) is 11.9. The van der Waals surface area contributed by atoms with E-state index in [2.05, 4.69) is 180 Å². The molecule has 0 bridgehead atoms. The molecule has 2 nitrogen and oxygen atoms in total. The number of fused-ring (bicyclic) bond motifs is 6. The highest BCUT2D eigenvalue weighted by atomic mass is 15.0. The highest BCUT2D eigenvalue weighted by Crippen LogP contribution is 2.38. The number of benzene rings is 7. The third-order valence-electron chi connectivity index (χ3n) is 9.25. The van der Waals surface area contributed by atoms with Crippen LogP contribution in [0.4, 0.5) is 0 Å². The first kappa shape index (κ1) is 25.6. The minimum absolute atomic E-state index is 1.16. The Labute approximate surface area is 262 Å². The van der Waals surface area contributed by atoms with Gasteiger partial charge >= 0.3 is 0 Å². The van der Waals surface area contributed by atoms with E-state index in [1.165, 1.54) is 77.1 Å². The summed E-state index contributed by atoms with van der Waals surface area (Å²) in [5, 5.41) is 5.08. The summed E-state index contributed by atoms with van der Waals surface area (Å²) in [5.41, 5.74) is 13.4. The molecule has 45 heavy (non-hydrogen) atoms. The number of aryl methyl sites for hydroxylation is 1.